The lowest BCUT2D eigenvalue weighted by Gasteiger charge is -2.16. The lowest BCUT2D eigenvalue weighted by Crippen LogP contribution is -2.19. The lowest BCUT2D eigenvalue weighted by molar-refractivity contribution is 0.213. The zero-order chi connectivity index (χ0) is 16.6. The number of nitrogens with one attached hydrogen (secondary N) is 1. The predicted molar refractivity (Wildman–Crippen MR) is 91.0 cm³/mol. The first kappa shape index (κ1) is 19.1. The van der Waals surface area contributed by atoms with E-state index < -0.39 is 0 Å². The zero-order valence-electron chi connectivity index (χ0n) is 14.0. The number of allylic oxidation sites excluding steroid dienone is 1. The first-order valence-corrected chi connectivity index (χ1v) is 7.08. The van der Waals surface area contributed by atoms with Crippen LogP contribution in [-0.4, -0.2) is 24.9 Å². The van der Waals surface area contributed by atoms with Crippen molar-refractivity contribution in [1.82, 2.24) is 0 Å². The van der Waals surface area contributed by atoms with E-state index in [0.717, 1.165) is 11.1 Å². The summed E-state index contributed by atoms with van der Waals surface area (Å²) in [5.41, 5.74) is 8.90. The van der Waals surface area contributed by atoms with Crippen LogP contribution in [0.5, 0.6) is 0 Å². The van der Waals surface area contributed by atoms with Crippen LogP contribution in [0.15, 0.2) is 33.6 Å². The minimum absolute atomic E-state index is 0.181. The monoisotopic (exact) mass is 292 g/mol. The molecule has 0 aromatic heterocycles. The van der Waals surface area contributed by atoms with E-state index in [1.807, 2.05) is 34.6 Å². The van der Waals surface area contributed by atoms with Crippen LogP contribution in [0.4, 0.5) is 0 Å². The van der Waals surface area contributed by atoms with E-state index in [2.05, 4.69) is 16.7 Å². The van der Waals surface area contributed by atoms with Gasteiger partial charge in [0.15, 0.2) is 0 Å². The Bertz CT molecular complexity index is 471. The molecule has 0 aliphatic rings. The number of aliphatic imine (C=N–C) groups is 1. The van der Waals surface area contributed by atoms with Gasteiger partial charge in [0.1, 0.15) is 18.7 Å². The molecule has 3 N–H and O–H groups in total. The van der Waals surface area contributed by atoms with Crippen LogP contribution in [0.3, 0.4) is 0 Å². The summed E-state index contributed by atoms with van der Waals surface area (Å²) < 4.78 is 0. The molecule has 0 saturated heterocycles. The van der Waals surface area contributed by atoms with Crippen LogP contribution in [-0.2, 0) is 4.84 Å². The van der Waals surface area contributed by atoms with E-state index in [-0.39, 0.29) is 11.8 Å². The van der Waals surface area contributed by atoms with Gasteiger partial charge in [-0.15, -0.1) is 0 Å². The van der Waals surface area contributed by atoms with Gasteiger partial charge in [-0.3, -0.25) is 5.41 Å². The summed E-state index contributed by atoms with van der Waals surface area (Å²) in [6, 6.07) is 0. The average Bonchev–Trinajstić information content (AvgIpc) is 2.38. The maximum absolute atomic E-state index is 7.97. The average molecular weight is 292 g/mol. The summed E-state index contributed by atoms with van der Waals surface area (Å²) in [7, 11) is 1.47. The molecule has 0 saturated carbocycles. The molecule has 0 unspecified atom stereocenters. The number of hydrogen-bond acceptors (Lipinski definition) is 4. The first-order valence-electron chi connectivity index (χ1n) is 7.08. The second kappa shape index (κ2) is 9.10. The minimum atomic E-state index is 0.181. The Morgan fingerprint density at radius 2 is 1.90 bits per heavy atom. The highest BCUT2D eigenvalue weighted by Gasteiger charge is 2.16. The maximum atomic E-state index is 7.97. The van der Waals surface area contributed by atoms with Crippen LogP contribution in [0, 0.1) is 17.2 Å². The Morgan fingerprint density at radius 3 is 2.29 bits per heavy atom. The number of hydrogen-bond donors (Lipinski definition) is 2. The number of oxime groups is 1. The summed E-state index contributed by atoms with van der Waals surface area (Å²) in [5.74, 6) is 0.782. The fourth-order valence-corrected chi connectivity index (χ4v) is 1.68. The molecule has 118 valence electrons. The Labute approximate surface area is 128 Å². The highest BCUT2D eigenvalue weighted by Crippen LogP contribution is 2.20. The van der Waals surface area contributed by atoms with Gasteiger partial charge in [-0.05, 0) is 29.9 Å². The Kier molecular flexibility index (Phi) is 8.28. The summed E-state index contributed by atoms with van der Waals surface area (Å²) in [6.07, 6.45) is 2.15. The number of nitrogens with two attached hydrogens (primary N) is 1. The van der Waals surface area contributed by atoms with Gasteiger partial charge in [-0.25, -0.2) is 4.99 Å². The van der Waals surface area contributed by atoms with Crippen molar-refractivity contribution in [3.8, 4) is 0 Å². The van der Waals surface area contributed by atoms with Gasteiger partial charge in [0.05, 0.1) is 5.70 Å². The molecule has 0 heterocycles. The molecule has 0 aromatic rings. The second-order valence-corrected chi connectivity index (χ2v) is 5.64. The molecule has 0 amide bonds. The summed E-state index contributed by atoms with van der Waals surface area (Å²) in [6.45, 7) is 13.8. The van der Waals surface area contributed by atoms with E-state index in [4.69, 9.17) is 16.0 Å². The standard InChI is InChI=1S/C16H28N4O/c1-10(2)9-19-14(17)8-13(11(3)4)15(18)16(12(5)6)20-21-7/h9-11,17H,5,8,18H2,1-4,6-7H3/b15-13+,17-14?,19-9?,20-16+. The van der Waals surface area contributed by atoms with Crippen molar-refractivity contribution in [1.29, 1.82) is 5.41 Å². The quantitative estimate of drug-likeness (QED) is 0.427. The normalized spacial score (nSPS) is 13.8. The van der Waals surface area contributed by atoms with Crippen molar-refractivity contribution in [2.45, 2.75) is 41.0 Å². The molecule has 0 radical (unpaired) electrons. The summed E-state index contributed by atoms with van der Waals surface area (Å²) >= 11 is 0. The first-order chi connectivity index (χ1) is 9.70. The number of nitrogens with zero attached hydrogens (tertiary/aromatic N) is 2. The molecule has 0 aliphatic carbocycles. The second-order valence-electron chi connectivity index (χ2n) is 5.64. The molecule has 0 bridgehead atoms. The van der Waals surface area contributed by atoms with Crippen molar-refractivity contribution < 1.29 is 4.84 Å². The van der Waals surface area contributed by atoms with Crippen LogP contribution < -0.4 is 5.73 Å². The van der Waals surface area contributed by atoms with Crippen molar-refractivity contribution >= 4 is 17.8 Å². The van der Waals surface area contributed by atoms with E-state index >= 15 is 0 Å². The predicted octanol–water partition coefficient (Wildman–Crippen LogP) is 3.53. The molecular weight excluding hydrogens is 264 g/mol. The summed E-state index contributed by atoms with van der Waals surface area (Å²) in [4.78, 5) is 8.98. The van der Waals surface area contributed by atoms with Gasteiger partial charge in [-0.2, -0.15) is 0 Å². The molecule has 21 heavy (non-hydrogen) atoms. The van der Waals surface area contributed by atoms with Crippen molar-refractivity contribution in [2.75, 3.05) is 7.11 Å². The Hall–Kier alpha value is -1.91. The van der Waals surface area contributed by atoms with Gasteiger partial charge in [0.25, 0.3) is 0 Å². The third-order valence-electron chi connectivity index (χ3n) is 2.77. The van der Waals surface area contributed by atoms with Gasteiger partial charge in [0.2, 0.25) is 0 Å². The SMILES string of the molecule is C=C(C)C(=N\OC)/C(N)=C(/CC(=N)N=CC(C)C)C(C)C. The zero-order valence-corrected chi connectivity index (χ0v) is 14.0. The van der Waals surface area contributed by atoms with Crippen LogP contribution in [0.25, 0.3) is 0 Å². The van der Waals surface area contributed by atoms with E-state index in [1.165, 1.54) is 7.11 Å². The summed E-state index contributed by atoms with van der Waals surface area (Å²) in [5, 5.41) is 11.9. The molecular formula is C16H28N4O. The molecule has 0 fully saturated rings. The van der Waals surface area contributed by atoms with Gasteiger partial charge < -0.3 is 10.6 Å². The Balaban J connectivity index is 5.47. The highest BCUT2D eigenvalue weighted by atomic mass is 16.6. The van der Waals surface area contributed by atoms with E-state index in [9.17, 15) is 0 Å². The number of amidine groups is 1. The molecule has 0 aliphatic heterocycles. The third kappa shape index (κ3) is 6.88. The van der Waals surface area contributed by atoms with Gasteiger partial charge in [0, 0.05) is 12.6 Å². The molecule has 0 aromatic carbocycles. The molecule has 0 rings (SSSR count). The third-order valence-corrected chi connectivity index (χ3v) is 2.77. The maximum Gasteiger partial charge on any atom is 0.128 e. The molecule has 5 nitrogen and oxygen atoms in total. The van der Waals surface area contributed by atoms with E-state index in [1.54, 1.807) is 6.21 Å². The number of rotatable bonds is 7. The van der Waals surface area contributed by atoms with Crippen molar-refractivity contribution in [3.63, 3.8) is 0 Å². The topological polar surface area (TPSA) is 83.8 Å². The molecule has 5 heteroatoms. The highest BCUT2D eigenvalue weighted by molar-refractivity contribution is 6.11. The minimum Gasteiger partial charge on any atom is -0.399 e. The lowest BCUT2D eigenvalue weighted by atomic mass is 9.94. The van der Waals surface area contributed by atoms with Crippen molar-refractivity contribution in [2.24, 2.45) is 27.7 Å². The van der Waals surface area contributed by atoms with Crippen LogP contribution in [0.1, 0.15) is 41.0 Å². The fraction of sp³-hybridized carbons (Fsp3) is 0.562. The van der Waals surface area contributed by atoms with E-state index in [0.29, 0.717) is 23.7 Å². The van der Waals surface area contributed by atoms with Crippen LogP contribution >= 0.6 is 0 Å². The fourth-order valence-electron chi connectivity index (χ4n) is 1.68. The smallest absolute Gasteiger partial charge is 0.128 e. The molecule has 0 spiro atoms. The Morgan fingerprint density at radius 1 is 1.33 bits per heavy atom. The molecule has 0 atom stereocenters. The van der Waals surface area contributed by atoms with Crippen LogP contribution in [0.2, 0.25) is 0 Å². The van der Waals surface area contributed by atoms with Gasteiger partial charge >= 0.3 is 0 Å². The largest absolute Gasteiger partial charge is 0.399 e. The van der Waals surface area contributed by atoms with Crippen molar-refractivity contribution in [3.05, 3.63) is 23.4 Å². The van der Waals surface area contributed by atoms with Gasteiger partial charge in [-0.1, -0.05) is 39.4 Å².